The fourth-order valence-corrected chi connectivity index (χ4v) is 5.76. The van der Waals surface area contributed by atoms with Gasteiger partial charge in [0.15, 0.2) is 5.60 Å². The molecule has 38 heavy (non-hydrogen) atoms. The summed E-state index contributed by atoms with van der Waals surface area (Å²) in [6.45, 7) is 0. The number of H-pyrrole nitrogens is 2. The Balaban J connectivity index is 1.68. The van der Waals surface area contributed by atoms with Gasteiger partial charge >= 0.3 is 11.9 Å². The number of carboxylic acid groups (broad SMARTS) is 1. The average molecular weight is 501 g/mol. The molecule has 0 saturated carbocycles. The number of aromatic hydroxyl groups is 1. The number of phenols is 1. The molecule has 0 spiro atoms. The Labute approximate surface area is 215 Å². The van der Waals surface area contributed by atoms with Crippen molar-refractivity contribution in [3.8, 4) is 17.0 Å². The summed E-state index contributed by atoms with van der Waals surface area (Å²) in [6.07, 6.45) is 1.71. The predicted molar refractivity (Wildman–Crippen MR) is 142 cm³/mol. The van der Waals surface area contributed by atoms with E-state index >= 15 is 0 Å². The van der Waals surface area contributed by atoms with E-state index in [0.717, 1.165) is 10.9 Å². The van der Waals surface area contributed by atoms with Gasteiger partial charge in [0.1, 0.15) is 5.75 Å². The van der Waals surface area contributed by atoms with Gasteiger partial charge in [-0.05, 0) is 30.3 Å². The minimum atomic E-state index is -1.44. The van der Waals surface area contributed by atoms with Gasteiger partial charge in [-0.3, -0.25) is 0 Å². The number of benzene rings is 4. The van der Waals surface area contributed by atoms with Crippen LogP contribution in [0.25, 0.3) is 33.1 Å². The first-order valence-electron chi connectivity index (χ1n) is 12.1. The molecule has 0 radical (unpaired) electrons. The van der Waals surface area contributed by atoms with Crippen molar-refractivity contribution < 1.29 is 24.5 Å². The zero-order valence-electron chi connectivity index (χ0n) is 19.9. The number of para-hydroxylation sites is 3. The SMILES string of the molecule is O=C1OC(c2c(-c3ccccc3O)[nH]c3ccccc23)(c2c[nH]c3c(C(=O)O)cccc23)c2ccccc21. The zero-order chi connectivity index (χ0) is 26.0. The number of aromatic amines is 2. The molecule has 1 unspecified atom stereocenters. The summed E-state index contributed by atoms with van der Waals surface area (Å²) in [5.41, 5.74) is 3.33. The van der Waals surface area contributed by atoms with Crippen molar-refractivity contribution in [3.63, 3.8) is 0 Å². The summed E-state index contributed by atoms with van der Waals surface area (Å²) in [4.78, 5) is 32.1. The van der Waals surface area contributed by atoms with Gasteiger partial charge in [-0.25, -0.2) is 9.59 Å². The van der Waals surface area contributed by atoms with Crippen LogP contribution >= 0.6 is 0 Å². The van der Waals surface area contributed by atoms with Crippen molar-refractivity contribution in [2.75, 3.05) is 0 Å². The van der Waals surface area contributed by atoms with Crippen LogP contribution < -0.4 is 0 Å². The number of ether oxygens (including phenoxy) is 1. The maximum atomic E-state index is 13.4. The third kappa shape index (κ3) is 2.84. The van der Waals surface area contributed by atoms with E-state index in [2.05, 4.69) is 9.97 Å². The van der Waals surface area contributed by atoms with Crippen LogP contribution in [0.1, 0.15) is 37.4 Å². The largest absolute Gasteiger partial charge is 0.507 e. The summed E-state index contributed by atoms with van der Waals surface area (Å²) in [6, 6.07) is 26.9. The quantitative estimate of drug-likeness (QED) is 0.216. The highest BCUT2D eigenvalue weighted by atomic mass is 16.6. The zero-order valence-corrected chi connectivity index (χ0v) is 19.9. The number of aromatic nitrogens is 2. The number of hydrogen-bond acceptors (Lipinski definition) is 4. The highest BCUT2D eigenvalue weighted by molar-refractivity contribution is 6.06. The number of hydrogen-bond donors (Lipinski definition) is 4. The Bertz CT molecular complexity index is 1930. The molecule has 0 bridgehead atoms. The smallest absolute Gasteiger partial charge is 0.340 e. The standard InChI is InChI=1S/C31H20N2O5/c34-25-15-6-3-10-20(25)28-26(19-9-2-5-14-24(19)33-28)31(22-13-4-1-8-18(22)30(37)38-31)23-16-32-27-17(23)11-7-12-21(27)29(35)36/h1-16,32-34H,(H,35,36). The maximum absolute atomic E-state index is 13.4. The van der Waals surface area contributed by atoms with Crippen molar-refractivity contribution in [1.29, 1.82) is 0 Å². The van der Waals surface area contributed by atoms with E-state index in [-0.39, 0.29) is 11.3 Å². The molecule has 4 N–H and O–H groups in total. The van der Waals surface area contributed by atoms with Gasteiger partial charge in [0.05, 0.1) is 22.3 Å². The molecule has 0 amide bonds. The lowest BCUT2D eigenvalue weighted by Crippen LogP contribution is -2.30. The number of cyclic esters (lactones) is 1. The van der Waals surface area contributed by atoms with E-state index in [1.54, 1.807) is 42.6 Å². The van der Waals surface area contributed by atoms with Crippen molar-refractivity contribution >= 4 is 33.7 Å². The number of fused-ring (bicyclic) bond motifs is 3. The Morgan fingerprint density at radius 3 is 2.32 bits per heavy atom. The van der Waals surface area contributed by atoms with Crippen LogP contribution in [0.15, 0.2) is 97.2 Å². The molecule has 7 rings (SSSR count). The second-order valence-corrected chi connectivity index (χ2v) is 9.29. The minimum Gasteiger partial charge on any atom is -0.507 e. The van der Waals surface area contributed by atoms with Gasteiger partial charge in [-0.1, -0.05) is 60.7 Å². The molecule has 6 aromatic rings. The lowest BCUT2D eigenvalue weighted by molar-refractivity contribution is 0.0261. The fraction of sp³-hybridized carbons (Fsp3) is 0.0323. The average Bonchev–Trinajstić information content (AvgIpc) is 3.61. The number of carboxylic acids is 1. The molecule has 7 heteroatoms. The summed E-state index contributed by atoms with van der Waals surface area (Å²) >= 11 is 0. The highest BCUT2D eigenvalue weighted by Crippen LogP contribution is 2.54. The number of esters is 1. The van der Waals surface area contributed by atoms with Crippen LogP contribution in [0.3, 0.4) is 0 Å². The lowest BCUT2D eigenvalue weighted by atomic mass is 9.77. The van der Waals surface area contributed by atoms with Gasteiger partial charge in [0.25, 0.3) is 0 Å². The molecule has 3 heterocycles. The second kappa shape index (κ2) is 7.85. The second-order valence-electron chi connectivity index (χ2n) is 9.29. The monoisotopic (exact) mass is 500 g/mol. The van der Waals surface area contributed by atoms with Gasteiger partial charge < -0.3 is 24.9 Å². The number of aromatic carboxylic acids is 1. The van der Waals surface area contributed by atoms with Crippen LogP contribution in [0.5, 0.6) is 5.75 Å². The minimum absolute atomic E-state index is 0.0696. The van der Waals surface area contributed by atoms with Crippen molar-refractivity contribution in [1.82, 2.24) is 9.97 Å². The molecule has 184 valence electrons. The highest BCUT2D eigenvalue weighted by Gasteiger charge is 2.52. The van der Waals surface area contributed by atoms with Gasteiger partial charge in [0, 0.05) is 44.7 Å². The molecule has 0 aliphatic carbocycles. The van der Waals surface area contributed by atoms with Crippen LogP contribution in [0.2, 0.25) is 0 Å². The van der Waals surface area contributed by atoms with E-state index < -0.39 is 17.5 Å². The Morgan fingerprint density at radius 1 is 0.789 bits per heavy atom. The van der Waals surface area contributed by atoms with E-state index in [9.17, 15) is 19.8 Å². The van der Waals surface area contributed by atoms with Crippen molar-refractivity contribution in [2.45, 2.75) is 5.60 Å². The molecule has 2 aromatic heterocycles. The molecule has 1 aliphatic heterocycles. The molecule has 7 nitrogen and oxygen atoms in total. The molecular weight excluding hydrogens is 480 g/mol. The summed E-state index contributed by atoms with van der Waals surface area (Å²) in [7, 11) is 0. The van der Waals surface area contributed by atoms with Crippen LogP contribution in [-0.2, 0) is 10.3 Å². The Kier molecular flexibility index (Phi) is 4.53. The first-order chi connectivity index (χ1) is 18.5. The molecular formula is C31H20N2O5. The number of nitrogens with one attached hydrogen (secondary N) is 2. The molecule has 0 saturated heterocycles. The van der Waals surface area contributed by atoms with Gasteiger partial charge in [-0.15, -0.1) is 0 Å². The summed E-state index contributed by atoms with van der Waals surface area (Å²) < 4.78 is 6.42. The molecule has 4 aromatic carbocycles. The third-order valence-electron chi connectivity index (χ3n) is 7.33. The maximum Gasteiger partial charge on any atom is 0.340 e. The molecule has 0 fully saturated rings. The predicted octanol–water partition coefficient (Wildman–Crippen LogP) is 6.18. The third-order valence-corrected chi connectivity index (χ3v) is 7.33. The fourth-order valence-electron chi connectivity index (χ4n) is 5.76. The lowest BCUT2D eigenvalue weighted by Gasteiger charge is -2.30. The number of carbonyl (C=O) groups is 2. The van der Waals surface area contributed by atoms with Crippen molar-refractivity contribution in [2.24, 2.45) is 0 Å². The first-order valence-corrected chi connectivity index (χ1v) is 12.1. The van der Waals surface area contributed by atoms with E-state index in [1.807, 2.05) is 48.5 Å². The normalized spacial score (nSPS) is 16.6. The topological polar surface area (TPSA) is 115 Å². The first kappa shape index (κ1) is 21.9. The summed E-state index contributed by atoms with van der Waals surface area (Å²) in [5, 5.41) is 22.1. The van der Waals surface area contributed by atoms with E-state index in [0.29, 0.717) is 44.4 Å². The van der Waals surface area contributed by atoms with Crippen LogP contribution in [0.4, 0.5) is 0 Å². The number of phenolic OH excluding ortho intramolecular Hbond substituents is 1. The van der Waals surface area contributed by atoms with Crippen molar-refractivity contribution in [3.05, 3.63) is 125 Å². The van der Waals surface area contributed by atoms with Crippen LogP contribution in [0, 0.1) is 0 Å². The summed E-state index contributed by atoms with van der Waals surface area (Å²) in [5.74, 6) is -1.48. The van der Waals surface area contributed by atoms with Crippen LogP contribution in [-0.4, -0.2) is 32.1 Å². The molecule has 1 aliphatic rings. The van der Waals surface area contributed by atoms with E-state index in [4.69, 9.17) is 4.74 Å². The van der Waals surface area contributed by atoms with Gasteiger partial charge in [-0.2, -0.15) is 0 Å². The molecule has 1 atom stereocenters. The number of carbonyl (C=O) groups excluding carboxylic acids is 1. The van der Waals surface area contributed by atoms with Gasteiger partial charge in [0.2, 0.25) is 0 Å². The Hall–Kier alpha value is -5.30. The Morgan fingerprint density at radius 2 is 1.50 bits per heavy atom. The number of rotatable bonds is 4. The van der Waals surface area contributed by atoms with E-state index in [1.165, 1.54) is 6.07 Å².